The van der Waals surface area contributed by atoms with E-state index >= 15 is 0 Å². The van der Waals surface area contributed by atoms with Gasteiger partial charge in [0.15, 0.2) is 11.6 Å². The van der Waals surface area contributed by atoms with Gasteiger partial charge in [0.05, 0.1) is 33.1 Å². The van der Waals surface area contributed by atoms with Gasteiger partial charge in [-0.1, -0.05) is 24.4 Å². The Morgan fingerprint density at radius 1 is 1.24 bits per heavy atom. The molecule has 0 radical (unpaired) electrons. The minimum atomic E-state index is -0.770. The molecule has 1 amide bonds. The maximum atomic E-state index is 12.5. The van der Waals surface area contributed by atoms with Gasteiger partial charge in [-0.15, -0.1) is 11.3 Å². The fraction of sp³-hybridized carbons (Fsp3) is 0.583. The standard InChI is InChI=1S/C24H30ClN3O5S/c1-14-19(33-18-9-5-6-15(10-18)23(29)30)12-26-22(27-14)21-16(11-20(25)34-21)13-32-24(31)28(2)17-7-3-4-8-17/h11-12,15,17-18H,3-10,13H2,1-2H3,(H,29,30)/t15-,18-/m0/s1. The molecule has 2 aliphatic carbocycles. The molecule has 4 rings (SSSR count). The third kappa shape index (κ3) is 5.81. The Morgan fingerprint density at radius 3 is 2.71 bits per heavy atom. The van der Waals surface area contributed by atoms with Crippen LogP contribution in [-0.4, -0.2) is 51.2 Å². The number of aliphatic carboxylic acids is 1. The third-order valence-electron chi connectivity index (χ3n) is 6.70. The lowest BCUT2D eigenvalue weighted by Gasteiger charge is -2.27. The van der Waals surface area contributed by atoms with Crippen molar-refractivity contribution < 1.29 is 24.2 Å². The van der Waals surface area contributed by atoms with Gasteiger partial charge in [0.2, 0.25) is 0 Å². The van der Waals surface area contributed by atoms with E-state index in [4.69, 9.17) is 21.1 Å². The largest absolute Gasteiger partial charge is 0.487 e. The molecule has 34 heavy (non-hydrogen) atoms. The molecule has 2 fully saturated rings. The van der Waals surface area contributed by atoms with Crippen LogP contribution in [0.3, 0.4) is 0 Å². The number of thiophene rings is 1. The minimum absolute atomic E-state index is 0.0910. The van der Waals surface area contributed by atoms with E-state index in [0.29, 0.717) is 34.4 Å². The van der Waals surface area contributed by atoms with Gasteiger partial charge in [0.1, 0.15) is 6.61 Å². The van der Waals surface area contributed by atoms with E-state index in [1.165, 1.54) is 11.3 Å². The Labute approximate surface area is 208 Å². The number of aromatic nitrogens is 2. The number of carboxylic acids is 1. The number of rotatable bonds is 7. The molecule has 0 spiro atoms. The molecule has 0 aromatic carbocycles. The minimum Gasteiger partial charge on any atom is -0.487 e. The van der Waals surface area contributed by atoms with Gasteiger partial charge < -0.3 is 19.5 Å². The molecular formula is C24H30ClN3O5S. The first-order chi connectivity index (χ1) is 16.3. The second kappa shape index (κ2) is 10.9. The molecule has 2 aliphatic rings. The van der Waals surface area contributed by atoms with Crippen molar-refractivity contribution in [2.24, 2.45) is 5.92 Å². The van der Waals surface area contributed by atoms with E-state index in [0.717, 1.165) is 49.0 Å². The number of carbonyl (C=O) groups excluding carboxylic acids is 1. The highest BCUT2D eigenvalue weighted by atomic mass is 35.5. The highest BCUT2D eigenvalue weighted by Gasteiger charge is 2.29. The lowest BCUT2D eigenvalue weighted by atomic mass is 9.87. The molecular weight excluding hydrogens is 478 g/mol. The molecule has 0 unspecified atom stereocenters. The lowest BCUT2D eigenvalue weighted by Crippen LogP contribution is -2.35. The second-order valence-electron chi connectivity index (χ2n) is 9.09. The van der Waals surface area contributed by atoms with Gasteiger partial charge in [-0.25, -0.2) is 14.8 Å². The number of nitrogens with zero attached hydrogens (tertiary/aromatic N) is 3. The molecule has 2 atom stereocenters. The van der Waals surface area contributed by atoms with Crippen LogP contribution in [0.25, 0.3) is 10.7 Å². The predicted molar refractivity (Wildman–Crippen MR) is 129 cm³/mol. The van der Waals surface area contributed by atoms with E-state index in [9.17, 15) is 14.7 Å². The number of carboxylic acid groups (broad SMARTS) is 1. The average Bonchev–Trinajstić information content (AvgIpc) is 3.48. The Balaban J connectivity index is 1.42. The van der Waals surface area contributed by atoms with Crippen LogP contribution in [0, 0.1) is 12.8 Å². The van der Waals surface area contributed by atoms with Crippen LogP contribution < -0.4 is 4.74 Å². The summed E-state index contributed by atoms with van der Waals surface area (Å²) in [5, 5.41) is 9.31. The fourth-order valence-corrected chi connectivity index (χ4v) is 5.91. The summed E-state index contributed by atoms with van der Waals surface area (Å²) in [6.07, 6.45) is 8.25. The molecule has 2 aromatic heterocycles. The van der Waals surface area contributed by atoms with E-state index in [2.05, 4.69) is 9.97 Å². The van der Waals surface area contributed by atoms with Gasteiger partial charge in [-0.05, 0) is 51.5 Å². The third-order valence-corrected chi connectivity index (χ3v) is 8.00. The maximum absolute atomic E-state index is 12.5. The van der Waals surface area contributed by atoms with Crippen LogP contribution in [0.2, 0.25) is 4.34 Å². The van der Waals surface area contributed by atoms with Crippen molar-refractivity contribution in [3.8, 4) is 16.5 Å². The van der Waals surface area contributed by atoms with Crippen LogP contribution in [0.1, 0.15) is 62.6 Å². The van der Waals surface area contributed by atoms with Gasteiger partial charge in [0.25, 0.3) is 0 Å². The van der Waals surface area contributed by atoms with E-state index in [1.54, 1.807) is 24.2 Å². The van der Waals surface area contributed by atoms with Gasteiger partial charge >= 0.3 is 12.1 Å². The van der Waals surface area contributed by atoms with E-state index in [1.807, 2.05) is 6.92 Å². The van der Waals surface area contributed by atoms with Crippen LogP contribution in [0.15, 0.2) is 12.3 Å². The Morgan fingerprint density at radius 2 is 2.00 bits per heavy atom. The number of hydrogen-bond acceptors (Lipinski definition) is 7. The smallest absolute Gasteiger partial charge is 0.410 e. The maximum Gasteiger partial charge on any atom is 0.410 e. The quantitative estimate of drug-likeness (QED) is 0.512. The van der Waals surface area contributed by atoms with Crippen molar-refractivity contribution in [2.75, 3.05) is 7.05 Å². The first-order valence-corrected chi connectivity index (χ1v) is 12.9. The molecule has 0 bridgehead atoms. The van der Waals surface area contributed by atoms with E-state index < -0.39 is 5.97 Å². The Hall–Kier alpha value is -2.39. The van der Waals surface area contributed by atoms with Crippen molar-refractivity contribution in [1.29, 1.82) is 0 Å². The molecule has 8 nitrogen and oxygen atoms in total. The Kier molecular flexibility index (Phi) is 7.93. The topological polar surface area (TPSA) is 102 Å². The van der Waals surface area contributed by atoms with Crippen LogP contribution in [-0.2, 0) is 16.1 Å². The molecule has 184 valence electrons. The normalized spacial score (nSPS) is 20.8. The molecule has 2 heterocycles. The first-order valence-electron chi connectivity index (χ1n) is 11.7. The summed E-state index contributed by atoms with van der Waals surface area (Å²) in [6, 6.07) is 2.02. The summed E-state index contributed by atoms with van der Waals surface area (Å²) in [7, 11) is 1.79. The molecule has 0 aliphatic heterocycles. The summed E-state index contributed by atoms with van der Waals surface area (Å²) in [4.78, 5) is 35.4. The van der Waals surface area contributed by atoms with Gasteiger partial charge in [0, 0.05) is 18.7 Å². The van der Waals surface area contributed by atoms with Crippen LogP contribution >= 0.6 is 22.9 Å². The highest BCUT2D eigenvalue weighted by Crippen LogP contribution is 2.36. The first kappa shape index (κ1) is 24.7. The summed E-state index contributed by atoms with van der Waals surface area (Å²) < 4.78 is 12.2. The number of hydrogen-bond donors (Lipinski definition) is 1. The summed E-state index contributed by atoms with van der Waals surface area (Å²) in [5.41, 5.74) is 1.42. The number of carbonyl (C=O) groups is 2. The lowest BCUT2D eigenvalue weighted by molar-refractivity contribution is -0.143. The van der Waals surface area contributed by atoms with Crippen molar-refractivity contribution in [3.05, 3.63) is 27.9 Å². The summed E-state index contributed by atoms with van der Waals surface area (Å²) >= 11 is 7.61. The average molecular weight is 508 g/mol. The zero-order valence-corrected chi connectivity index (χ0v) is 21.0. The molecule has 1 N–H and O–H groups in total. The van der Waals surface area contributed by atoms with Gasteiger partial charge in [-0.2, -0.15) is 0 Å². The zero-order valence-electron chi connectivity index (χ0n) is 19.5. The van der Waals surface area contributed by atoms with Crippen molar-refractivity contribution in [3.63, 3.8) is 0 Å². The van der Waals surface area contributed by atoms with Crippen molar-refractivity contribution in [1.82, 2.24) is 14.9 Å². The Bertz CT molecular complexity index is 1040. The zero-order chi connectivity index (χ0) is 24.2. The number of aryl methyl sites for hydroxylation is 1. The summed E-state index contributed by atoms with van der Waals surface area (Å²) in [5.74, 6) is -0.100. The molecule has 2 saturated carbocycles. The summed E-state index contributed by atoms with van der Waals surface area (Å²) in [6.45, 7) is 1.93. The number of halogens is 1. The van der Waals surface area contributed by atoms with E-state index in [-0.39, 0.29) is 30.8 Å². The van der Waals surface area contributed by atoms with Crippen LogP contribution in [0.5, 0.6) is 5.75 Å². The second-order valence-corrected chi connectivity index (χ2v) is 10.8. The highest BCUT2D eigenvalue weighted by molar-refractivity contribution is 7.19. The fourth-order valence-electron chi connectivity index (χ4n) is 4.71. The monoisotopic (exact) mass is 507 g/mol. The molecule has 10 heteroatoms. The molecule has 2 aromatic rings. The van der Waals surface area contributed by atoms with Gasteiger partial charge in [-0.3, -0.25) is 4.79 Å². The van der Waals surface area contributed by atoms with Crippen LogP contribution in [0.4, 0.5) is 4.79 Å². The SMILES string of the molecule is Cc1nc(-c2sc(Cl)cc2COC(=O)N(C)C2CCCC2)ncc1O[C@H]1CCC[C@H](C(=O)O)C1. The van der Waals surface area contributed by atoms with Crippen molar-refractivity contribution in [2.45, 2.75) is 77.0 Å². The predicted octanol–water partition coefficient (Wildman–Crippen LogP) is 5.70. The number of amides is 1. The van der Waals surface area contributed by atoms with Crippen molar-refractivity contribution >= 4 is 35.0 Å². The molecule has 0 saturated heterocycles. The number of ether oxygens (including phenoxy) is 2.